The highest BCUT2D eigenvalue weighted by Gasteiger charge is 2.34. The molecule has 0 bridgehead atoms. The third-order valence-corrected chi connectivity index (χ3v) is 8.86. The molecule has 0 radical (unpaired) electrons. The zero-order valence-corrected chi connectivity index (χ0v) is 29.0. The van der Waals surface area contributed by atoms with Gasteiger partial charge < -0.3 is 47.8 Å². The summed E-state index contributed by atoms with van der Waals surface area (Å²) in [7, 11) is 10.4. The minimum Gasteiger partial charge on any atom is -0.504 e. The van der Waals surface area contributed by atoms with Gasteiger partial charge in [-0.05, 0) is 65.1 Å². The van der Waals surface area contributed by atoms with Gasteiger partial charge in [-0.1, -0.05) is 6.07 Å². The Balaban J connectivity index is 1.65. The summed E-state index contributed by atoms with van der Waals surface area (Å²) in [6, 6.07) is 12.9. The van der Waals surface area contributed by atoms with Crippen molar-refractivity contribution in [1.82, 2.24) is 4.90 Å². The molecule has 50 heavy (non-hydrogen) atoms. The van der Waals surface area contributed by atoms with Gasteiger partial charge in [0.25, 0.3) is 0 Å². The first-order valence-electron chi connectivity index (χ1n) is 15.7. The van der Waals surface area contributed by atoms with Gasteiger partial charge in [-0.15, -0.1) is 0 Å². The smallest absolute Gasteiger partial charge is 0.306 e. The lowest BCUT2D eigenvalue weighted by Gasteiger charge is -2.38. The summed E-state index contributed by atoms with van der Waals surface area (Å²) in [5, 5.41) is 21.5. The fourth-order valence-electron chi connectivity index (χ4n) is 6.42. The maximum atomic E-state index is 13.3. The molecule has 13 nitrogen and oxygen atoms in total. The van der Waals surface area contributed by atoms with E-state index in [9.17, 15) is 19.8 Å². The molecule has 2 unspecified atom stereocenters. The fraction of sp³-hybridized carbons (Fsp3) is 0.351. The predicted molar refractivity (Wildman–Crippen MR) is 181 cm³/mol. The average molecular weight is 692 g/mol. The molecule has 0 saturated carbocycles. The van der Waals surface area contributed by atoms with Crippen LogP contribution >= 0.6 is 0 Å². The number of aromatic hydroxyl groups is 2. The van der Waals surface area contributed by atoms with E-state index in [1.807, 2.05) is 24.3 Å². The van der Waals surface area contributed by atoms with Crippen LogP contribution in [0.25, 0.3) is 0 Å². The maximum Gasteiger partial charge on any atom is 0.306 e. The van der Waals surface area contributed by atoms with Crippen molar-refractivity contribution >= 4 is 5.97 Å². The number of hydrogen-bond donors (Lipinski definition) is 2. The Kier molecular flexibility index (Phi) is 11.0. The third kappa shape index (κ3) is 6.95. The number of hydrogen-bond acceptors (Lipinski definition) is 13. The molecule has 1 aliphatic rings. The number of rotatable bonds is 13. The summed E-state index contributed by atoms with van der Waals surface area (Å²) in [6.45, 7) is 0.651. The second-order valence-electron chi connectivity index (χ2n) is 11.5. The van der Waals surface area contributed by atoms with Crippen molar-refractivity contribution in [2.75, 3.05) is 56.3 Å². The van der Waals surface area contributed by atoms with Crippen molar-refractivity contribution in [3.63, 3.8) is 0 Å². The topological polar surface area (TPSA) is 156 Å². The Labute approximate surface area is 289 Å². The van der Waals surface area contributed by atoms with Crippen molar-refractivity contribution in [2.45, 2.75) is 31.3 Å². The van der Waals surface area contributed by atoms with E-state index >= 15 is 0 Å². The van der Waals surface area contributed by atoms with E-state index in [1.165, 1.54) is 39.5 Å². The van der Waals surface area contributed by atoms with Crippen LogP contribution in [0.3, 0.4) is 0 Å². The van der Waals surface area contributed by atoms with E-state index < -0.39 is 29.1 Å². The van der Waals surface area contributed by atoms with Crippen molar-refractivity contribution in [3.05, 3.63) is 92.5 Å². The summed E-state index contributed by atoms with van der Waals surface area (Å²) < 4.78 is 44.6. The number of carbonyl (C=O) groups excluding carboxylic acids is 1. The molecule has 4 aromatic rings. The van der Waals surface area contributed by atoms with Gasteiger partial charge in [-0.25, -0.2) is 0 Å². The van der Waals surface area contributed by atoms with Gasteiger partial charge in [-0.2, -0.15) is 0 Å². The molecule has 266 valence electrons. The number of fused-ring (bicyclic) bond motifs is 1. The van der Waals surface area contributed by atoms with Gasteiger partial charge in [0.1, 0.15) is 5.76 Å². The second kappa shape index (κ2) is 15.3. The zero-order chi connectivity index (χ0) is 36.1. The molecule has 0 aliphatic carbocycles. The minimum absolute atomic E-state index is 0.121. The minimum atomic E-state index is -0.975. The maximum absolute atomic E-state index is 13.3. The highest BCUT2D eigenvalue weighted by molar-refractivity contribution is 5.71. The quantitative estimate of drug-likeness (QED) is 0.182. The van der Waals surface area contributed by atoms with Gasteiger partial charge >= 0.3 is 5.97 Å². The lowest BCUT2D eigenvalue weighted by atomic mass is 9.87. The first kappa shape index (κ1) is 35.7. The number of ether oxygens (including phenoxy) is 7. The molecular formula is C37H41NO12. The Morgan fingerprint density at radius 3 is 2.04 bits per heavy atom. The standard InChI is InChI=1S/C37H41NO12/c1-43-28-9-8-20(12-26(28)39)25(18-33(41)48-6)36-35(42)27(40)16-23(50-36)19-38-11-10-21-13-29(44-2)30(45-3)17-24(21)34(38)22-14-31(46-4)37(49-7)32(15-22)47-5/h8-9,12-17,25,34,39,42H,10-11,18-19H2,1-7H3. The number of methoxy groups -OCH3 is 7. The Morgan fingerprint density at radius 1 is 0.820 bits per heavy atom. The lowest BCUT2D eigenvalue weighted by molar-refractivity contribution is -0.140. The van der Waals surface area contributed by atoms with Gasteiger partial charge in [-0.3, -0.25) is 14.5 Å². The molecule has 5 rings (SSSR count). The Bertz CT molecular complexity index is 1890. The summed E-state index contributed by atoms with van der Waals surface area (Å²) in [4.78, 5) is 28.0. The highest BCUT2D eigenvalue weighted by atomic mass is 16.5. The molecule has 2 N–H and O–H groups in total. The van der Waals surface area contributed by atoms with E-state index in [2.05, 4.69) is 4.90 Å². The van der Waals surface area contributed by atoms with E-state index in [4.69, 9.17) is 37.6 Å². The monoisotopic (exact) mass is 691 g/mol. The van der Waals surface area contributed by atoms with Crippen LogP contribution in [0.4, 0.5) is 0 Å². The van der Waals surface area contributed by atoms with E-state index in [0.717, 1.165) is 16.7 Å². The van der Waals surface area contributed by atoms with Gasteiger partial charge in [0.15, 0.2) is 40.3 Å². The predicted octanol–water partition coefficient (Wildman–Crippen LogP) is 4.95. The number of phenols is 1. The molecule has 1 aromatic heterocycles. The number of benzene rings is 3. The summed E-state index contributed by atoms with van der Waals surface area (Å²) >= 11 is 0. The first-order valence-corrected chi connectivity index (χ1v) is 15.7. The van der Waals surface area contributed by atoms with Crippen LogP contribution < -0.4 is 33.8 Å². The highest BCUT2D eigenvalue weighted by Crippen LogP contribution is 2.46. The third-order valence-electron chi connectivity index (χ3n) is 8.86. The molecule has 0 saturated heterocycles. The summed E-state index contributed by atoms with van der Waals surface area (Å²) in [5.74, 6) is 0.358. The Morgan fingerprint density at radius 2 is 1.46 bits per heavy atom. The lowest BCUT2D eigenvalue weighted by Crippen LogP contribution is -2.36. The average Bonchev–Trinajstić information content (AvgIpc) is 3.13. The Hall–Kier alpha value is -5.56. The molecule has 0 spiro atoms. The van der Waals surface area contributed by atoms with E-state index in [1.54, 1.807) is 34.5 Å². The number of esters is 1. The molecule has 13 heteroatoms. The van der Waals surface area contributed by atoms with Crippen molar-refractivity contribution in [3.8, 4) is 46.0 Å². The van der Waals surface area contributed by atoms with Crippen LogP contribution in [-0.4, -0.2) is 77.4 Å². The van der Waals surface area contributed by atoms with Gasteiger partial charge in [0.2, 0.25) is 16.9 Å². The van der Waals surface area contributed by atoms with E-state index in [0.29, 0.717) is 47.3 Å². The molecular weight excluding hydrogens is 650 g/mol. The first-order chi connectivity index (χ1) is 24.1. The fourth-order valence-corrected chi connectivity index (χ4v) is 6.42. The van der Waals surface area contributed by atoms with Crippen LogP contribution in [0.2, 0.25) is 0 Å². The van der Waals surface area contributed by atoms with Crippen LogP contribution in [0.5, 0.6) is 46.0 Å². The van der Waals surface area contributed by atoms with Gasteiger partial charge in [0.05, 0.1) is 74.7 Å². The molecule has 0 amide bonds. The summed E-state index contributed by atoms with van der Waals surface area (Å²) in [6.07, 6.45) is 0.344. The molecule has 0 fully saturated rings. The van der Waals surface area contributed by atoms with Crippen LogP contribution in [-0.2, 0) is 22.5 Å². The molecule has 2 heterocycles. The normalized spacial score (nSPS) is 14.7. The number of carbonyl (C=O) groups is 1. The number of nitrogens with zero attached hydrogens (tertiary/aromatic N) is 1. The van der Waals surface area contributed by atoms with Crippen molar-refractivity contribution < 1.29 is 52.6 Å². The van der Waals surface area contributed by atoms with Crippen molar-refractivity contribution in [1.29, 1.82) is 0 Å². The number of phenolic OH excluding ortho intramolecular Hbond substituents is 1. The van der Waals surface area contributed by atoms with Crippen LogP contribution in [0.1, 0.15) is 52.2 Å². The summed E-state index contributed by atoms with van der Waals surface area (Å²) in [5.41, 5.74) is 2.45. The SMILES string of the molecule is COC(=O)CC(c1ccc(OC)c(O)c1)c1oc(CN2CCc3cc(OC)c(OC)cc3C2c2cc(OC)c(OC)c(OC)c2)cc(=O)c1O. The van der Waals surface area contributed by atoms with Crippen LogP contribution in [0.15, 0.2) is 57.7 Å². The van der Waals surface area contributed by atoms with Gasteiger partial charge in [0, 0.05) is 12.6 Å². The largest absolute Gasteiger partial charge is 0.504 e. The zero-order valence-electron chi connectivity index (χ0n) is 29.0. The molecule has 3 aromatic carbocycles. The van der Waals surface area contributed by atoms with Crippen LogP contribution in [0, 0.1) is 0 Å². The second-order valence-corrected chi connectivity index (χ2v) is 11.5. The van der Waals surface area contributed by atoms with Crippen molar-refractivity contribution in [2.24, 2.45) is 0 Å². The molecule has 1 aliphatic heterocycles. The molecule has 2 atom stereocenters. The van der Waals surface area contributed by atoms with E-state index in [-0.39, 0.29) is 36.0 Å².